The van der Waals surface area contributed by atoms with E-state index in [1.807, 2.05) is 6.08 Å². The van der Waals surface area contributed by atoms with Crippen LogP contribution in [0, 0.1) is 0 Å². The predicted octanol–water partition coefficient (Wildman–Crippen LogP) is 1.28. The molecule has 4 nitrogen and oxygen atoms in total. The summed E-state index contributed by atoms with van der Waals surface area (Å²) in [6, 6.07) is 0. The lowest BCUT2D eigenvalue weighted by Crippen LogP contribution is -2.45. The Kier molecular flexibility index (Phi) is 4.98. The van der Waals surface area contributed by atoms with Crippen molar-refractivity contribution < 1.29 is 19.3 Å². The van der Waals surface area contributed by atoms with Gasteiger partial charge in [-0.1, -0.05) is 6.08 Å². The Hall–Kier alpha value is -0.420. The molecule has 0 saturated carbocycles. The normalized spacial score (nSPS) is 38.9. The summed E-state index contributed by atoms with van der Waals surface area (Å²) in [7, 11) is 0. The zero-order chi connectivity index (χ0) is 12.1. The highest BCUT2D eigenvalue weighted by atomic mass is 16.6. The summed E-state index contributed by atoms with van der Waals surface area (Å²) in [5, 5.41) is 9.26. The van der Waals surface area contributed by atoms with Gasteiger partial charge in [-0.2, -0.15) is 0 Å². The summed E-state index contributed by atoms with van der Waals surface area (Å²) < 4.78 is 17.2. The van der Waals surface area contributed by atoms with Crippen LogP contribution in [0.1, 0.15) is 25.7 Å². The second kappa shape index (κ2) is 6.50. The Labute approximate surface area is 103 Å². The minimum atomic E-state index is -0.184. The summed E-state index contributed by atoms with van der Waals surface area (Å²) in [5.74, 6) is 0. The standard InChI is InChI=1S/C13H22O4/c1-2-10-11(5-3-7-15-10)17-12-6-4-8-16-13(12)9-14/h2,10-14H,1,3-9H2/t10-,11+,12-,13+/m0/s1. The fourth-order valence-corrected chi connectivity index (χ4v) is 2.50. The van der Waals surface area contributed by atoms with Gasteiger partial charge in [-0.25, -0.2) is 0 Å². The van der Waals surface area contributed by atoms with Crippen LogP contribution in [0.25, 0.3) is 0 Å². The maximum Gasteiger partial charge on any atom is 0.107 e. The second-order valence-corrected chi connectivity index (χ2v) is 4.66. The molecule has 1 N–H and O–H groups in total. The Morgan fingerprint density at radius 1 is 1.18 bits per heavy atom. The molecule has 98 valence electrons. The van der Waals surface area contributed by atoms with Crippen LogP contribution in [0.15, 0.2) is 12.7 Å². The van der Waals surface area contributed by atoms with E-state index in [0.717, 1.165) is 38.9 Å². The maximum absolute atomic E-state index is 9.26. The monoisotopic (exact) mass is 242 g/mol. The Morgan fingerprint density at radius 3 is 2.59 bits per heavy atom. The molecular weight excluding hydrogens is 220 g/mol. The summed E-state index contributed by atoms with van der Waals surface area (Å²) >= 11 is 0. The van der Waals surface area contributed by atoms with Crippen LogP contribution in [0.3, 0.4) is 0 Å². The van der Waals surface area contributed by atoms with Gasteiger partial charge in [0.05, 0.1) is 18.8 Å². The minimum Gasteiger partial charge on any atom is -0.394 e. The van der Waals surface area contributed by atoms with Crippen LogP contribution in [0.5, 0.6) is 0 Å². The van der Waals surface area contributed by atoms with E-state index in [1.54, 1.807) is 0 Å². The number of rotatable bonds is 4. The van der Waals surface area contributed by atoms with Crippen LogP contribution >= 0.6 is 0 Å². The lowest BCUT2D eigenvalue weighted by molar-refractivity contribution is -0.175. The van der Waals surface area contributed by atoms with Gasteiger partial charge in [0.2, 0.25) is 0 Å². The van der Waals surface area contributed by atoms with E-state index >= 15 is 0 Å². The predicted molar refractivity (Wildman–Crippen MR) is 63.9 cm³/mol. The van der Waals surface area contributed by atoms with Crippen molar-refractivity contribution in [2.24, 2.45) is 0 Å². The minimum absolute atomic E-state index is 0.0112. The summed E-state index contributed by atoms with van der Waals surface area (Å²) in [6.45, 7) is 5.30. The first-order valence-corrected chi connectivity index (χ1v) is 6.47. The highest BCUT2D eigenvalue weighted by Crippen LogP contribution is 2.25. The van der Waals surface area contributed by atoms with Crippen LogP contribution in [-0.4, -0.2) is 49.3 Å². The molecule has 0 spiro atoms. The molecular formula is C13H22O4. The molecule has 4 heteroatoms. The molecule has 2 aliphatic rings. The van der Waals surface area contributed by atoms with Gasteiger partial charge in [0.25, 0.3) is 0 Å². The SMILES string of the molecule is C=C[C@@H]1OCCC[C@H]1O[C@H]1CCCO[C@@H]1CO. The Morgan fingerprint density at radius 2 is 1.88 bits per heavy atom. The van der Waals surface area contributed by atoms with E-state index in [2.05, 4.69) is 6.58 Å². The molecule has 0 aromatic rings. The van der Waals surface area contributed by atoms with E-state index in [1.165, 1.54) is 0 Å². The van der Waals surface area contributed by atoms with Gasteiger partial charge in [0.15, 0.2) is 0 Å². The first kappa shape index (κ1) is 13.0. The Balaban J connectivity index is 1.90. The molecule has 0 radical (unpaired) electrons. The van der Waals surface area contributed by atoms with Crippen molar-refractivity contribution in [3.8, 4) is 0 Å². The topological polar surface area (TPSA) is 47.9 Å². The lowest BCUT2D eigenvalue weighted by Gasteiger charge is -2.37. The van der Waals surface area contributed by atoms with Crippen molar-refractivity contribution >= 4 is 0 Å². The van der Waals surface area contributed by atoms with Crippen molar-refractivity contribution in [3.63, 3.8) is 0 Å². The van der Waals surface area contributed by atoms with Gasteiger partial charge < -0.3 is 19.3 Å². The average molecular weight is 242 g/mol. The number of ether oxygens (including phenoxy) is 3. The maximum atomic E-state index is 9.26. The van der Waals surface area contributed by atoms with Gasteiger partial charge >= 0.3 is 0 Å². The lowest BCUT2D eigenvalue weighted by atomic mass is 10.0. The van der Waals surface area contributed by atoms with Gasteiger partial charge in [0, 0.05) is 13.2 Å². The molecule has 2 heterocycles. The zero-order valence-electron chi connectivity index (χ0n) is 10.2. The molecule has 2 fully saturated rings. The van der Waals surface area contributed by atoms with Crippen LogP contribution < -0.4 is 0 Å². The third-order valence-corrected chi connectivity index (χ3v) is 3.45. The molecule has 0 aromatic heterocycles. The number of aliphatic hydroxyl groups excluding tert-OH is 1. The number of aliphatic hydroxyl groups is 1. The smallest absolute Gasteiger partial charge is 0.107 e. The zero-order valence-corrected chi connectivity index (χ0v) is 10.2. The molecule has 2 rings (SSSR count). The van der Waals surface area contributed by atoms with Crippen molar-refractivity contribution in [1.29, 1.82) is 0 Å². The molecule has 0 unspecified atom stereocenters. The van der Waals surface area contributed by atoms with E-state index in [4.69, 9.17) is 14.2 Å². The van der Waals surface area contributed by atoms with E-state index in [-0.39, 0.29) is 31.0 Å². The highest BCUT2D eigenvalue weighted by molar-refractivity contribution is 4.90. The first-order chi connectivity index (χ1) is 8.35. The van der Waals surface area contributed by atoms with Crippen LogP contribution in [-0.2, 0) is 14.2 Å². The van der Waals surface area contributed by atoms with Crippen molar-refractivity contribution in [3.05, 3.63) is 12.7 Å². The molecule has 0 amide bonds. The van der Waals surface area contributed by atoms with Gasteiger partial charge in [0.1, 0.15) is 12.2 Å². The van der Waals surface area contributed by atoms with E-state index in [9.17, 15) is 5.11 Å². The quantitative estimate of drug-likeness (QED) is 0.754. The molecule has 2 saturated heterocycles. The fourth-order valence-electron chi connectivity index (χ4n) is 2.50. The van der Waals surface area contributed by atoms with Crippen LogP contribution in [0.2, 0.25) is 0 Å². The number of hydrogen-bond acceptors (Lipinski definition) is 4. The van der Waals surface area contributed by atoms with Gasteiger partial charge in [-0.15, -0.1) is 6.58 Å². The summed E-state index contributed by atoms with van der Waals surface area (Å²) in [5.41, 5.74) is 0. The largest absolute Gasteiger partial charge is 0.394 e. The average Bonchev–Trinajstić information content (AvgIpc) is 2.40. The summed E-state index contributed by atoms with van der Waals surface area (Å²) in [4.78, 5) is 0. The first-order valence-electron chi connectivity index (χ1n) is 6.47. The van der Waals surface area contributed by atoms with Gasteiger partial charge in [-0.3, -0.25) is 0 Å². The molecule has 0 aliphatic carbocycles. The van der Waals surface area contributed by atoms with Gasteiger partial charge in [-0.05, 0) is 25.7 Å². The van der Waals surface area contributed by atoms with E-state index in [0.29, 0.717) is 0 Å². The molecule has 4 atom stereocenters. The molecule has 17 heavy (non-hydrogen) atoms. The van der Waals surface area contributed by atoms with Crippen molar-refractivity contribution in [2.45, 2.75) is 50.1 Å². The Bertz CT molecular complexity index is 244. The molecule has 0 aromatic carbocycles. The second-order valence-electron chi connectivity index (χ2n) is 4.66. The van der Waals surface area contributed by atoms with E-state index < -0.39 is 0 Å². The highest BCUT2D eigenvalue weighted by Gasteiger charge is 2.32. The van der Waals surface area contributed by atoms with Crippen LogP contribution in [0.4, 0.5) is 0 Å². The molecule has 0 bridgehead atoms. The molecule has 2 aliphatic heterocycles. The van der Waals surface area contributed by atoms with Crippen molar-refractivity contribution in [1.82, 2.24) is 0 Å². The fraction of sp³-hybridized carbons (Fsp3) is 0.846. The summed E-state index contributed by atoms with van der Waals surface area (Å²) in [6.07, 6.45) is 5.60. The third-order valence-electron chi connectivity index (χ3n) is 3.45. The third kappa shape index (κ3) is 3.28. The number of hydrogen-bond donors (Lipinski definition) is 1. The van der Waals surface area contributed by atoms with Crippen molar-refractivity contribution in [2.75, 3.05) is 19.8 Å².